The van der Waals surface area contributed by atoms with Crippen LogP contribution in [0.5, 0.6) is 17.2 Å². The summed E-state index contributed by atoms with van der Waals surface area (Å²) in [7, 11) is 0. The van der Waals surface area contributed by atoms with Crippen molar-refractivity contribution in [1.29, 1.82) is 0 Å². The molecule has 0 radical (unpaired) electrons. The van der Waals surface area contributed by atoms with E-state index in [0.29, 0.717) is 43.8 Å². The molecule has 1 aromatic heterocycles. The Morgan fingerprint density at radius 3 is 2.64 bits per heavy atom. The molecule has 1 aliphatic carbocycles. The van der Waals surface area contributed by atoms with Crippen molar-refractivity contribution in [2.45, 2.75) is 51.3 Å². The first-order valence-electron chi connectivity index (χ1n) is 14.8. The molecule has 232 valence electrons. The molecule has 44 heavy (non-hydrogen) atoms. The second kappa shape index (κ2) is 12.0. The van der Waals surface area contributed by atoms with Crippen LogP contribution >= 0.6 is 0 Å². The number of anilines is 3. The van der Waals surface area contributed by atoms with Crippen LogP contribution in [0, 0.1) is 0 Å². The molecule has 2 unspecified atom stereocenters. The summed E-state index contributed by atoms with van der Waals surface area (Å²) in [5, 5.41) is 5.19. The fourth-order valence-electron chi connectivity index (χ4n) is 5.88. The Hall–Kier alpha value is -4.32. The van der Waals surface area contributed by atoms with Gasteiger partial charge in [0.25, 0.3) is 0 Å². The van der Waals surface area contributed by atoms with Crippen LogP contribution in [0.3, 0.4) is 0 Å². The summed E-state index contributed by atoms with van der Waals surface area (Å²) in [6.07, 6.45) is -0.166. The number of nitrogens with zero attached hydrogens (tertiary/aromatic N) is 3. The molecule has 4 aliphatic rings. The highest BCUT2D eigenvalue weighted by Gasteiger charge is 2.48. The van der Waals surface area contributed by atoms with E-state index < -0.39 is 17.6 Å². The van der Waals surface area contributed by atoms with Crippen molar-refractivity contribution in [3.8, 4) is 17.2 Å². The van der Waals surface area contributed by atoms with Gasteiger partial charge in [0.05, 0.1) is 5.56 Å². The molecule has 1 saturated heterocycles. The van der Waals surface area contributed by atoms with Gasteiger partial charge in [-0.25, -0.2) is 4.98 Å². The number of fused-ring (bicyclic) bond motifs is 4. The number of hydrogen-bond donors (Lipinski definition) is 2. The molecule has 4 heterocycles. The minimum absolute atomic E-state index is 0.00612. The van der Waals surface area contributed by atoms with Gasteiger partial charge in [0, 0.05) is 74.1 Å². The van der Waals surface area contributed by atoms with Gasteiger partial charge < -0.3 is 29.9 Å². The fraction of sp³-hybridized carbons (Fsp3) is 0.406. The van der Waals surface area contributed by atoms with Crippen LogP contribution in [0.1, 0.15) is 49.3 Å². The van der Waals surface area contributed by atoms with Crippen LogP contribution in [0.4, 0.5) is 30.4 Å². The van der Waals surface area contributed by atoms with E-state index in [4.69, 9.17) is 9.47 Å². The Bertz CT molecular complexity index is 1570. The standard InChI is InChI=1S/C17H14N2O3.C15H20F3N3O/c20-16-4-2-10-14(5-6-18-17(10)19-16)21-9-1-3-13-11(7-9)12-8-15(12)22-13;1-3-20-6-8-21(9-7-20)14-5-4-12(19-11(2)22)10-13(14)15(16,17)18/h1,3,5-7,12,15H,2,4,8H2,(H,18,19,20);4-5,10H,3,6-9H2,1-2H3,(H,19,22). The van der Waals surface area contributed by atoms with Crippen LogP contribution in [0.15, 0.2) is 48.7 Å². The highest BCUT2D eigenvalue weighted by atomic mass is 19.4. The number of hydrogen-bond acceptors (Lipinski definition) is 7. The molecular formula is C32H34F3N5O4. The van der Waals surface area contributed by atoms with Gasteiger partial charge >= 0.3 is 6.18 Å². The average Bonchev–Trinajstić information content (AvgIpc) is 3.68. The number of alkyl halides is 3. The highest BCUT2D eigenvalue weighted by Crippen LogP contribution is 2.54. The van der Waals surface area contributed by atoms with Crippen LogP contribution in [0.2, 0.25) is 0 Å². The van der Waals surface area contributed by atoms with Gasteiger partial charge in [-0.15, -0.1) is 0 Å². The van der Waals surface area contributed by atoms with Crippen LogP contribution in [-0.4, -0.2) is 60.5 Å². The van der Waals surface area contributed by atoms with Gasteiger partial charge in [0.2, 0.25) is 11.8 Å². The zero-order chi connectivity index (χ0) is 31.0. The predicted molar refractivity (Wildman–Crippen MR) is 160 cm³/mol. The minimum atomic E-state index is -4.45. The Kier molecular flexibility index (Phi) is 8.10. The van der Waals surface area contributed by atoms with E-state index in [1.54, 1.807) is 11.1 Å². The van der Waals surface area contributed by atoms with E-state index >= 15 is 0 Å². The summed E-state index contributed by atoms with van der Waals surface area (Å²) in [6.45, 7) is 6.85. The van der Waals surface area contributed by atoms with Gasteiger partial charge in [-0.3, -0.25) is 9.59 Å². The number of amides is 2. The van der Waals surface area contributed by atoms with E-state index in [1.807, 2.05) is 25.1 Å². The van der Waals surface area contributed by atoms with Gasteiger partial charge in [-0.1, -0.05) is 6.92 Å². The lowest BCUT2D eigenvalue weighted by Gasteiger charge is -2.36. The number of ether oxygens (including phenoxy) is 2. The van der Waals surface area contributed by atoms with Crippen molar-refractivity contribution in [2.75, 3.05) is 48.3 Å². The number of aromatic nitrogens is 1. The quantitative estimate of drug-likeness (QED) is 0.377. The van der Waals surface area contributed by atoms with Crippen LogP contribution in [0.25, 0.3) is 0 Å². The zero-order valence-electron chi connectivity index (χ0n) is 24.5. The smallest absolute Gasteiger partial charge is 0.418 e. The van der Waals surface area contributed by atoms with E-state index in [9.17, 15) is 22.8 Å². The van der Waals surface area contributed by atoms with E-state index in [0.717, 1.165) is 54.9 Å². The number of carbonyl (C=O) groups excluding carboxylic acids is 2. The highest BCUT2D eigenvalue weighted by molar-refractivity contribution is 5.93. The van der Waals surface area contributed by atoms with Crippen molar-refractivity contribution in [3.05, 3.63) is 65.4 Å². The van der Waals surface area contributed by atoms with Gasteiger partial charge in [-0.05, 0) is 61.9 Å². The lowest BCUT2D eigenvalue weighted by atomic mass is 10.1. The zero-order valence-corrected chi connectivity index (χ0v) is 24.5. The van der Waals surface area contributed by atoms with Gasteiger partial charge in [-0.2, -0.15) is 13.2 Å². The van der Waals surface area contributed by atoms with E-state index in [1.165, 1.54) is 24.6 Å². The second-order valence-corrected chi connectivity index (χ2v) is 11.3. The van der Waals surface area contributed by atoms with Crippen molar-refractivity contribution in [3.63, 3.8) is 0 Å². The van der Waals surface area contributed by atoms with Gasteiger partial charge in [0.15, 0.2) is 0 Å². The molecule has 9 nitrogen and oxygen atoms in total. The molecule has 0 bridgehead atoms. The summed E-state index contributed by atoms with van der Waals surface area (Å²) in [4.78, 5) is 30.7. The van der Waals surface area contributed by atoms with Gasteiger partial charge in [0.1, 0.15) is 29.2 Å². The number of carbonyl (C=O) groups is 2. The Morgan fingerprint density at radius 2 is 1.91 bits per heavy atom. The predicted octanol–water partition coefficient (Wildman–Crippen LogP) is 5.81. The second-order valence-electron chi connectivity index (χ2n) is 11.3. The summed E-state index contributed by atoms with van der Waals surface area (Å²) in [5.41, 5.74) is 1.85. The monoisotopic (exact) mass is 609 g/mol. The summed E-state index contributed by atoms with van der Waals surface area (Å²) in [5.74, 6) is 3.32. The number of benzene rings is 2. The lowest BCUT2D eigenvalue weighted by molar-refractivity contribution is -0.137. The minimum Gasteiger partial charge on any atom is -0.489 e. The molecule has 12 heteroatoms. The summed E-state index contributed by atoms with van der Waals surface area (Å²) < 4.78 is 51.8. The first kappa shape index (κ1) is 29.7. The third kappa shape index (κ3) is 6.45. The summed E-state index contributed by atoms with van der Waals surface area (Å²) in [6, 6.07) is 11.8. The maximum absolute atomic E-state index is 13.3. The molecule has 3 aliphatic heterocycles. The molecular weight excluding hydrogens is 575 g/mol. The maximum Gasteiger partial charge on any atom is 0.418 e. The lowest BCUT2D eigenvalue weighted by Crippen LogP contribution is -2.46. The average molecular weight is 610 g/mol. The number of piperazine rings is 1. The first-order valence-corrected chi connectivity index (χ1v) is 14.8. The Balaban J connectivity index is 0.000000156. The van der Waals surface area contributed by atoms with E-state index in [-0.39, 0.29) is 17.3 Å². The van der Waals surface area contributed by atoms with Crippen molar-refractivity contribution in [2.24, 2.45) is 0 Å². The molecule has 3 aromatic rings. The maximum atomic E-state index is 13.3. The third-order valence-corrected chi connectivity index (χ3v) is 8.27. The molecule has 7 rings (SSSR count). The number of halogens is 3. The van der Waals surface area contributed by atoms with Crippen molar-refractivity contribution < 1.29 is 32.2 Å². The normalized spacial score (nSPS) is 20.2. The number of nitrogens with one attached hydrogen (secondary N) is 2. The molecule has 0 spiro atoms. The molecule has 2 atom stereocenters. The Labute approximate surface area is 253 Å². The first-order chi connectivity index (χ1) is 21.1. The van der Waals surface area contributed by atoms with Crippen LogP contribution in [-0.2, 0) is 22.2 Å². The SMILES string of the molecule is CCN1CCN(c2ccc(NC(C)=O)cc2C(F)(F)F)CC1.O=C1CCc2c(Oc3ccc4c(c3)C3CC3O4)ccnc2N1. The molecule has 2 fully saturated rings. The number of likely N-dealkylation sites (N-methyl/N-ethyl adjacent to an activating group) is 1. The topological polar surface area (TPSA) is 96.0 Å². The van der Waals surface area contributed by atoms with Crippen molar-refractivity contribution in [1.82, 2.24) is 9.88 Å². The molecule has 2 amide bonds. The fourth-order valence-corrected chi connectivity index (χ4v) is 5.88. The van der Waals surface area contributed by atoms with Crippen molar-refractivity contribution >= 4 is 29.0 Å². The molecule has 2 N–H and O–H groups in total. The number of pyridine rings is 1. The largest absolute Gasteiger partial charge is 0.489 e. The molecule has 2 aromatic carbocycles. The number of rotatable bonds is 5. The van der Waals surface area contributed by atoms with E-state index in [2.05, 4.69) is 26.6 Å². The Morgan fingerprint density at radius 1 is 1.11 bits per heavy atom. The summed E-state index contributed by atoms with van der Waals surface area (Å²) >= 11 is 0. The third-order valence-electron chi connectivity index (χ3n) is 8.27. The molecule has 1 saturated carbocycles. The van der Waals surface area contributed by atoms with Crippen LogP contribution < -0.4 is 25.0 Å².